The Kier molecular flexibility index (Phi) is 3.40. The molecular formula is C25H34N2O2. The van der Waals surface area contributed by atoms with Crippen molar-refractivity contribution in [3.8, 4) is 0 Å². The first kappa shape index (κ1) is 17.4. The number of hydrogen-bond acceptors (Lipinski definition) is 2. The molecule has 8 saturated carbocycles. The Bertz CT molecular complexity index is 741. The van der Waals surface area contributed by atoms with Gasteiger partial charge in [-0.25, -0.2) is 0 Å². The minimum Gasteiger partial charge on any atom is -0.344 e. The van der Waals surface area contributed by atoms with Gasteiger partial charge in [-0.15, -0.1) is 0 Å². The van der Waals surface area contributed by atoms with Gasteiger partial charge in [-0.1, -0.05) is 0 Å². The molecule has 0 aromatic carbocycles. The van der Waals surface area contributed by atoms with E-state index in [1.165, 1.54) is 38.5 Å². The standard InChI is InChI=1S/C25H34N2O2/c28-22(24-8-14-1-15(9-24)3-16(2-14)10-24)26-20-7-21(20)27-23(29)25-11-17-4-18(12-25)6-19(5-17)13-25/h7,14-20H,1-6,8-13H2,(H,26,28)(H,27,29). The minimum atomic E-state index is -0.104. The molecule has 9 aliphatic carbocycles. The van der Waals surface area contributed by atoms with Crippen LogP contribution in [-0.2, 0) is 9.59 Å². The van der Waals surface area contributed by atoms with Gasteiger partial charge in [0, 0.05) is 11.1 Å². The summed E-state index contributed by atoms with van der Waals surface area (Å²) in [7, 11) is 0. The van der Waals surface area contributed by atoms with E-state index in [9.17, 15) is 9.59 Å². The van der Waals surface area contributed by atoms with Gasteiger partial charge in [-0.3, -0.25) is 9.59 Å². The second-order valence-corrected chi connectivity index (χ2v) is 12.4. The number of rotatable bonds is 4. The maximum Gasteiger partial charge on any atom is 0.230 e. The molecule has 8 bridgehead atoms. The van der Waals surface area contributed by atoms with Crippen LogP contribution in [-0.4, -0.2) is 17.9 Å². The van der Waals surface area contributed by atoms with E-state index in [0.29, 0.717) is 0 Å². The van der Waals surface area contributed by atoms with E-state index in [4.69, 9.17) is 0 Å². The molecule has 4 heteroatoms. The lowest BCUT2D eigenvalue weighted by Crippen LogP contribution is -2.55. The maximum absolute atomic E-state index is 13.2. The van der Waals surface area contributed by atoms with Gasteiger partial charge in [0.05, 0.1) is 11.5 Å². The van der Waals surface area contributed by atoms with Gasteiger partial charge in [0.2, 0.25) is 11.8 Å². The average molecular weight is 395 g/mol. The Balaban J connectivity index is 0.989. The van der Waals surface area contributed by atoms with Crippen LogP contribution >= 0.6 is 0 Å². The molecule has 29 heavy (non-hydrogen) atoms. The molecular weight excluding hydrogens is 360 g/mol. The van der Waals surface area contributed by atoms with Crippen LogP contribution in [0.15, 0.2) is 11.8 Å². The molecule has 0 radical (unpaired) electrons. The minimum absolute atomic E-state index is 0.0200. The van der Waals surface area contributed by atoms with Gasteiger partial charge >= 0.3 is 0 Å². The second kappa shape index (κ2) is 5.68. The SMILES string of the molecule is O=C(NC1=CC1NC(=O)C12CC3CC(CC(C3)C1)C2)C12CC3CC(CC(C3)C1)C2. The third-order valence-corrected chi connectivity index (χ3v) is 10.2. The fourth-order valence-corrected chi connectivity index (χ4v) is 9.71. The summed E-state index contributed by atoms with van der Waals surface area (Å²) in [6, 6.07) is -0.0200. The molecule has 2 N–H and O–H groups in total. The zero-order valence-electron chi connectivity index (χ0n) is 17.4. The first-order valence-electron chi connectivity index (χ1n) is 12.3. The molecule has 0 heterocycles. The summed E-state index contributed by atoms with van der Waals surface area (Å²) >= 11 is 0. The summed E-state index contributed by atoms with van der Waals surface area (Å²) in [6.07, 6.45) is 16.8. The third kappa shape index (κ3) is 2.63. The van der Waals surface area contributed by atoms with Gasteiger partial charge in [0.25, 0.3) is 0 Å². The number of hydrogen-bond donors (Lipinski definition) is 2. The van der Waals surface area contributed by atoms with E-state index >= 15 is 0 Å². The Labute approximate surface area is 173 Å². The quantitative estimate of drug-likeness (QED) is 0.759. The Morgan fingerprint density at radius 3 is 1.45 bits per heavy atom. The summed E-state index contributed by atoms with van der Waals surface area (Å²) < 4.78 is 0. The molecule has 9 aliphatic rings. The largest absolute Gasteiger partial charge is 0.344 e. The predicted octanol–water partition coefficient (Wildman–Crippen LogP) is 3.92. The highest BCUT2D eigenvalue weighted by Crippen LogP contribution is 2.61. The van der Waals surface area contributed by atoms with Crippen LogP contribution in [0.2, 0.25) is 0 Å². The van der Waals surface area contributed by atoms with Gasteiger partial charge in [-0.2, -0.15) is 0 Å². The van der Waals surface area contributed by atoms with Crippen molar-refractivity contribution in [2.45, 2.75) is 83.1 Å². The Hall–Kier alpha value is -1.32. The van der Waals surface area contributed by atoms with E-state index < -0.39 is 0 Å². The van der Waals surface area contributed by atoms with Crippen molar-refractivity contribution in [3.05, 3.63) is 11.8 Å². The number of carbonyl (C=O) groups is 2. The van der Waals surface area contributed by atoms with E-state index in [0.717, 1.165) is 79.7 Å². The van der Waals surface area contributed by atoms with Gasteiger partial charge in [0.1, 0.15) is 0 Å². The molecule has 4 nitrogen and oxygen atoms in total. The molecule has 8 fully saturated rings. The molecule has 0 aromatic heterocycles. The van der Waals surface area contributed by atoms with Crippen LogP contribution in [0.5, 0.6) is 0 Å². The Morgan fingerprint density at radius 1 is 0.655 bits per heavy atom. The topological polar surface area (TPSA) is 58.2 Å². The normalized spacial score (nSPS) is 53.0. The monoisotopic (exact) mass is 394 g/mol. The summed E-state index contributed by atoms with van der Waals surface area (Å²) in [4.78, 5) is 26.5. The molecule has 0 saturated heterocycles. The van der Waals surface area contributed by atoms with Crippen molar-refractivity contribution in [2.24, 2.45) is 46.3 Å². The van der Waals surface area contributed by atoms with Gasteiger partial charge in [-0.05, 0) is 119 Å². The van der Waals surface area contributed by atoms with E-state index in [2.05, 4.69) is 16.7 Å². The highest BCUT2D eigenvalue weighted by Gasteiger charge is 2.57. The molecule has 0 spiro atoms. The summed E-state index contributed by atoms with van der Waals surface area (Å²) in [5.74, 6) is 5.25. The number of amides is 2. The second-order valence-electron chi connectivity index (χ2n) is 12.4. The van der Waals surface area contributed by atoms with Crippen LogP contribution < -0.4 is 10.6 Å². The number of nitrogens with one attached hydrogen (secondary N) is 2. The lowest BCUT2D eigenvalue weighted by Gasteiger charge is -2.55. The highest BCUT2D eigenvalue weighted by atomic mass is 16.2. The maximum atomic E-state index is 13.2. The van der Waals surface area contributed by atoms with Crippen molar-refractivity contribution in [3.63, 3.8) is 0 Å². The third-order valence-electron chi connectivity index (χ3n) is 10.2. The van der Waals surface area contributed by atoms with Crippen LogP contribution in [0.25, 0.3) is 0 Å². The molecule has 2 amide bonds. The van der Waals surface area contributed by atoms with Crippen molar-refractivity contribution in [1.82, 2.24) is 10.6 Å². The van der Waals surface area contributed by atoms with Crippen molar-refractivity contribution in [2.75, 3.05) is 0 Å². The fourth-order valence-electron chi connectivity index (χ4n) is 9.71. The first-order chi connectivity index (χ1) is 14.0. The van der Waals surface area contributed by atoms with Crippen LogP contribution in [0, 0.1) is 46.3 Å². The van der Waals surface area contributed by atoms with E-state index in [-0.39, 0.29) is 28.7 Å². The van der Waals surface area contributed by atoms with Crippen LogP contribution in [0.4, 0.5) is 0 Å². The van der Waals surface area contributed by atoms with E-state index in [1.54, 1.807) is 0 Å². The molecule has 1 atom stereocenters. The van der Waals surface area contributed by atoms with Gasteiger partial charge < -0.3 is 10.6 Å². The average Bonchev–Trinajstić information content (AvgIpc) is 3.36. The predicted molar refractivity (Wildman–Crippen MR) is 109 cm³/mol. The zero-order chi connectivity index (χ0) is 19.4. The molecule has 156 valence electrons. The summed E-state index contributed by atoms with van der Waals surface area (Å²) in [5, 5.41) is 6.54. The first-order valence-corrected chi connectivity index (χ1v) is 12.3. The van der Waals surface area contributed by atoms with Crippen molar-refractivity contribution in [1.29, 1.82) is 0 Å². The van der Waals surface area contributed by atoms with E-state index in [1.807, 2.05) is 0 Å². The summed E-state index contributed by atoms with van der Waals surface area (Å²) in [5.41, 5.74) is 0.760. The van der Waals surface area contributed by atoms with Crippen LogP contribution in [0.1, 0.15) is 77.0 Å². The summed E-state index contributed by atoms with van der Waals surface area (Å²) in [6.45, 7) is 0. The highest BCUT2D eigenvalue weighted by molar-refractivity contribution is 5.88. The number of carbonyl (C=O) groups excluding carboxylic acids is 2. The van der Waals surface area contributed by atoms with Crippen LogP contribution in [0.3, 0.4) is 0 Å². The smallest absolute Gasteiger partial charge is 0.230 e. The van der Waals surface area contributed by atoms with Gasteiger partial charge in [0.15, 0.2) is 0 Å². The Morgan fingerprint density at radius 2 is 1.03 bits per heavy atom. The molecule has 0 aliphatic heterocycles. The molecule has 9 rings (SSSR count). The fraction of sp³-hybridized carbons (Fsp3) is 0.840. The lowest BCUT2D eigenvalue weighted by molar-refractivity contribution is -0.147. The lowest BCUT2D eigenvalue weighted by atomic mass is 9.49. The zero-order valence-corrected chi connectivity index (χ0v) is 17.4. The van der Waals surface area contributed by atoms with Crippen molar-refractivity contribution >= 4 is 11.8 Å². The molecule has 0 aromatic rings. The van der Waals surface area contributed by atoms with Crippen molar-refractivity contribution < 1.29 is 9.59 Å². The molecule has 1 unspecified atom stereocenters.